The van der Waals surface area contributed by atoms with Crippen LogP contribution in [0.3, 0.4) is 0 Å². The van der Waals surface area contributed by atoms with Crippen LogP contribution in [0.15, 0.2) is 18.2 Å². The Morgan fingerprint density at radius 1 is 1.16 bits per heavy atom. The van der Waals surface area contributed by atoms with Gasteiger partial charge in [-0.1, -0.05) is 13.3 Å². The largest absolute Gasteiger partial charge is 0.352 e. The average Bonchev–Trinajstić information content (AvgIpc) is 3.04. The highest BCUT2D eigenvalue weighted by Gasteiger charge is 2.23. The van der Waals surface area contributed by atoms with Gasteiger partial charge >= 0.3 is 0 Å². The molecule has 2 aliphatic rings. The molecule has 1 fully saturated rings. The lowest BCUT2D eigenvalue weighted by atomic mass is 10.1. The first kappa shape index (κ1) is 17.9. The standard InChI is InChI=1S/C20H29N3O2/c1-15(14-22-9-4-3-5-10-22)13-21-20(25)18-6-7-19-17(12-18)8-11-23(19)16(2)24/h6-7,12,15H,3-5,8-11,13-14H2,1-2H3,(H,21,25). The van der Waals surface area contributed by atoms with Gasteiger partial charge in [-0.05, 0) is 62.0 Å². The fraction of sp³-hybridized carbons (Fsp3) is 0.600. The molecule has 3 rings (SSSR count). The summed E-state index contributed by atoms with van der Waals surface area (Å²) >= 11 is 0. The van der Waals surface area contributed by atoms with Crippen LogP contribution in [0.4, 0.5) is 5.69 Å². The number of nitrogens with zero attached hydrogens (tertiary/aromatic N) is 2. The van der Waals surface area contributed by atoms with E-state index in [1.165, 1.54) is 32.4 Å². The van der Waals surface area contributed by atoms with Gasteiger partial charge in [0.2, 0.25) is 5.91 Å². The summed E-state index contributed by atoms with van der Waals surface area (Å²) in [5.74, 6) is 0.488. The van der Waals surface area contributed by atoms with Gasteiger partial charge < -0.3 is 15.1 Å². The smallest absolute Gasteiger partial charge is 0.251 e. The van der Waals surface area contributed by atoms with Crippen molar-refractivity contribution in [2.75, 3.05) is 37.6 Å². The van der Waals surface area contributed by atoms with Gasteiger partial charge in [-0.3, -0.25) is 9.59 Å². The van der Waals surface area contributed by atoms with Gasteiger partial charge in [0.25, 0.3) is 5.91 Å². The third-order valence-electron chi connectivity index (χ3n) is 5.25. The predicted octanol–water partition coefficient (Wildman–Crippen LogP) is 2.45. The van der Waals surface area contributed by atoms with Crippen molar-refractivity contribution in [3.63, 3.8) is 0 Å². The molecule has 0 bridgehead atoms. The molecule has 1 atom stereocenters. The molecule has 5 heteroatoms. The molecule has 2 heterocycles. The van der Waals surface area contributed by atoms with Crippen molar-refractivity contribution in [2.24, 2.45) is 5.92 Å². The second-order valence-corrected chi connectivity index (χ2v) is 7.44. The first-order valence-electron chi connectivity index (χ1n) is 9.46. The van der Waals surface area contributed by atoms with E-state index >= 15 is 0 Å². The molecule has 1 unspecified atom stereocenters. The Labute approximate surface area is 150 Å². The van der Waals surface area contributed by atoms with Crippen LogP contribution in [-0.4, -0.2) is 49.4 Å². The maximum absolute atomic E-state index is 12.5. The minimum absolute atomic E-state index is 0.0189. The SMILES string of the molecule is CC(=O)N1CCc2cc(C(=O)NCC(C)CN3CCCCC3)ccc21. The van der Waals surface area contributed by atoms with Gasteiger partial charge in [-0.2, -0.15) is 0 Å². The lowest BCUT2D eigenvalue weighted by Gasteiger charge is -2.29. The molecule has 0 spiro atoms. The minimum atomic E-state index is -0.0189. The van der Waals surface area contributed by atoms with E-state index < -0.39 is 0 Å². The first-order valence-corrected chi connectivity index (χ1v) is 9.46. The number of benzene rings is 1. The Morgan fingerprint density at radius 3 is 2.64 bits per heavy atom. The second-order valence-electron chi connectivity index (χ2n) is 7.44. The van der Waals surface area contributed by atoms with E-state index in [-0.39, 0.29) is 11.8 Å². The van der Waals surface area contributed by atoms with E-state index in [0.717, 1.165) is 24.2 Å². The normalized spacial score (nSPS) is 18.7. The monoisotopic (exact) mass is 343 g/mol. The van der Waals surface area contributed by atoms with Gasteiger partial charge in [0, 0.05) is 37.8 Å². The fourth-order valence-electron chi connectivity index (χ4n) is 3.89. The van der Waals surface area contributed by atoms with Crippen molar-refractivity contribution in [3.8, 4) is 0 Å². The van der Waals surface area contributed by atoms with E-state index in [2.05, 4.69) is 17.1 Å². The maximum Gasteiger partial charge on any atom is 0.251 e. The van der Waals surface area contributed by atoms with Crippen molar-refractivity contribution in [1.82, 2.24) is 10.2 Å². The highest BCUT2D eigenvalue weighted by atomic mass is 16.2. The van der Waals surface area contributed by atoms with Crippen molar-refractivity contribution in [1.29, 1.82) is 0 Å². The molecule has 0 aliphatic carbocycles. The number of piperidine rings is 1. The van der Waals surface area contributed by atoms with Gasteiger partial charge in [-0.25, -0.2) is 0 Å². The van der Waals surface area contributed by atoms with Gasteiger partial charge in [0.1, 0.15) is 0 Å². The van der Waals surface area contributed by atoms with Crippen molar-refractivity contribution < 1.29 is 9.59 Å². The van der Waals surface area contributed by atoms with Crippen LogP contribution >= 0.6 is 0 Å². The number of hydrogen-bond acceptors (Lipinski definition) is 3. The molecular formula is C20H29N3O2. The zero-order valence-corrected chi connectivity index (χ0v) is 15.4. The quantitative estimate of drug-likeness (QED) is 0.893. The summed E-state index contributed by atoms with van der Waals surface area (Å²) in [6, 6.07) is 5.66. The molecular weight excluding hydrogens is 314 g/mol. The summed E-state index contributed by atoms with van der Waals surface area (Å²) < 4.78 is 0. The molecule has 2 aliphatic heterocycles. The number of amides is 2. The zero-order chi connectivity index (χ0) is 17.8. The molecule has 1 aromatic carbocycles. The van der Waals surface area contributed by atoms with E-state index in [1.807, 2.05) is 18.2 Å². The summed E-state index contributed by atoms with van der Waals surface area (Å²) in [5, 5.41) is 3.07. The van der Waals surface area contributed by atoms with Gasteiger partial charge in [-0.15, -0.1) is 0 Å². The van der Waals surface area contributed by atoms with E-state index in [1.54, 1.807) is 11.8 Å². The molecule has 5 nitrogen and oxygen atoms in total. The van der Waals surface area contributed by atoms with Crippen LogP contribution in [0.5, 0.6) is 0 Å². The van der Waals surface area contributed by atoms with Crippen LogP contribution in [0.25, 0.3) is 0 Å². The van der Waals surface area contributed by atoms with Crippen LogP contribution in [0, 0.1) is 5.92 Å². The number of carbonyl (C=O) groups excluding carboxylic acids is 2. The number of carbonyl (C=O) groups is 2. The van der Waals surface area contributed by atoms with E-state index in [0.29, 0.717) is 24.6 Å². The summed E-state index contributed by atoms with van der Waals surface area (Å²) in [6.07, 6.45) is 4.76. The Morgan fingerprint density at radius 2 is 1.92 bits per heavy atom. The zero-order valence-electron chi connectivity index (χ0n) is 15.4. The Hall–Kier alpha value is -1.88. The van der Waals surface area contributed by atoms with Crippen LogP contribution < -0.4 is 10.2 Å². The number of fused-ring (bicyclic) bond motifs is 1. The summed E-state index contributed by atoms with van der Waals surface area (Å²) in [7, 11) is 0. The minimum Gasteiger partial charge on any atom is -0.352 e. The third-order valence-corrected chi connectivity index (χ3v) is 5.25. The Balaban J connectivity index is 1.52. The van der Waals surface area contributed by atoms with Gasteiger partial charge in [0.05, 0.1) is 0 Å². The maximum atomic E-state index is 12.5. The first-order chi connectivity index (χ1) is 12.0. The molecule has 0 radical (unpaired) electrons. The lowest BCUT2D eigenvalue weighted by molar-refractivity contribution is -0.116. The highest BCUT2D eigenvalue weighted by molar-refractivity contribution is 5.97. The Kier molecular flexibility index (Phi) is 5.74. The molecule has 2 amide bonds. The van der Waals surface area contributed by atoms with Crippen LogP contribution in [-0.2, 0) is 11.2 Å². The fourth-order valence-corrected chi connectivity index (χ4v) is 3.89. The van der Waals surface area contributed by atoms with E-state index in [9.17, 15) is 9.59 Å². The molecule has 0 aromatic heterocycles. The summed E-state index contributed by atoms with van der Waals surface area (Å²) in [4.78, 5) is 28.3. The summed E-state index contributed by atoms with van der Waals surface area (Å²) in [6.45, 7) is 8.62. The molecule has 1 saturated heterocycles. The second kappa shape index (κ2) is 8.00. The van der Waals surface area contributed by atoms with Crippen molar-refractivity contribution in [2.45, 2.75) is 39.5 Å². The van der Waals surface area contributed by atoms with Crippen LogP contribution in [0.2, 0.25) is 0 Å². The molecule has 136 valence electrons. The van der Waals surface area contributed by atoms with Gasteiger partial charge in [0.15, 0.2) is 0 Å². The molecule has 0 saturated carbocycles. The van der Waals surface area contributed by atoms with Crippen molar-refractivity contribution >= 4 is 17.5 Å². The summed E-state index contributed by atoms with van der Waals surface area (Å²) in [5.41, 5.74) is 2.72. The van der Waals surface area contributed by atoms with E-state index in [4.69, 9.17) is 0 Å². The topological polar surface area (TPSA) is 52.7 Å². The third kappa shape index (κ3) is 4.40. The average molecular weight is 343 g/mol. The molecule has 1 N–H and O–H groups in total. The predicted molar refractivity (Wildman–Crippen MR) is 100.0 cm³/mol. The number of likely N-dealkylation sites (tertiary alicyclic amines) is 1. The van der Waals surface area contributed by atoms with Crippen LogP contribution in [0.1, 0.15) is 49.0 Å². The number of anilines is 1. The number of nitrogens with one attached hydrogen (secondary N) is 1. The number of hydrogen-bond donors (Lipinski definition) is 1. The molecule has 25 heavy (non-hydrogen) atoms. The lowest BCUT2D eigenvalue weighted by Crippen LogP contribution is -2.38. The van der Waals surface area contributed by atoms with Crippen molar-refractivity contribution in [3.05, 3.63) is 29.3 Å². The molecule has 1 aromatic rings. The highest BCUT2D eigenvalue weighted by Crippen LogP contribution is 2.28. The Bertz CT molecular complexity index is 638. The number of rotatable bonds is 5.